The normalized spacial score (nSPS) is 19.4. The molecule has 2 heterocycles. The molecule has 0 saturated carbocycles. The number of alkyl halides is 3. The largest absolute Gasteiger partial charge is 0.504 e. The molecule has 9 heteroatoms. The van der Waals surface area contributed by atoms with Crippen LogP contribution in [-0.2, 0) is 9.31 Å². The zero-order valence-corrected chi connectivity index (χ0v) is 14.4. The lowest BCUT2D eigenvalue weighted by molar-refractivity contribution is -0.153. The fourth-order valence-electron chi connectivity index (χ4n) is 2.15. The molecule has 0 atom stereocenters. The molecule has 0 aromatic carbocycles. The minimum Gasteiger partial charge on any atom is -0.484 e. The van der Waals surface area contributed by atoms with Crippen molar-refractivity contribution in [1.82, 2.24) is 4.98 Å². The van der Waals surface area contributed by atoms with E-state index < -0.39 is 31.1 Å². The fraction of sp³-hybridized carbons (Fsp3) is 0.667. The van der Waals surface area contributed by atoms with E-state index in [0.29, 0.717) is 6.61 Å². The molecule has 0 N–H and O–H groups in total. The number of hydrogen-bond donors (Lipinski definition) is 0. The maximum Gasteiger partial charge on any atom is 0.504 e. The Kier molecular flexibility index (Phi) is 5.06. The summed E-state index contributed by atoms with van der Waals surface area (Å²) in [5.41, 5.74) is -1.08. The van der Waals surface area contributed by atoms with Crippen molar-refractivity contribution in [3.8, 4) is 11.6 Å². The second-order valence-electron chi connectivity index (χ2n) is 6.45. The number of pyridine rings is 1. The van der Waals surface area contributed by atoms with Crippen LogP contribution in [0.15, 0.2) is 12.3 Å². The second-order valence-corrected chi connectivity index (χ2v) is 6.45. The summed E-state index contributed by atoms with van der Waals surface area (Å²) in [4.78, 5) is 4.07. The first kappa shape index (κ1) is 18.9. The summed E-state index contributed by atoms with van der Waals surface area (Å²) in [5, 5.41) is 0. The highest BCUT2D eigenvalue weighted by Gasteiger charge is 2.53. The Balaban J connectivity index is 2.39. The van der Waals surface area contributed by atoms with E-state index in [1.165, 1.54) is 12.3 Å². The third-order valence-corrected chi connectivity index (χ3v) is 4.07. The Morgan fingerprint density at radius 3 is 2.21 bits per heavy atom. The lowest BCUT2D eigenvalue weighted by atomic mass is 9.79. The molecule has 1 aliphatic rings. The van der Waals surface area contributed by atoms with Gasteiger partial charge in [0.05, 0.1) is 23.3 Å². The van der Waals surface area contributed by atoms with Gasteiger partial charge >= 0.3 is 13.3 Å². The topological polar surface area (TPSA) is 49.8 Å². The minimum atomic E-state index is -4.46. The summed E-state index contributed by atoms with van der Waals surface area (Å²) in [6, 6.07) is 1.34. The molecule has 2 rings (SSSR count). The number of aromatic nitrogens is 1. The van der Waals surface area contributed by atoms with Crippen LogP contribution in [0.5, 0.6) is 11.6 Å². The van der Waals surface area contributed by atoms with Crippen molar-refractivity contribution < 1.29 is 32.0 Å². The lowest BCUT2D eigenvalue weighted by Gasteiger charge is -2.32. The average molecular weight is 347 g/mol. The zero-order chi connectivity index (χ0) is 18.2. The van der Waals surface area contributed by atoms with Gasteiger partial charge in [-0.15, -0.1) is 0 Å². The molecule has 0 radical (unpaired) electrons. The van der Waals surface area contributed by atoms with Gasteiger partial charge in [-0.25, -0.2) is 4.98 Å². The highest BCUT2D eigenvalue weighted by atomic mass is 19.4. The smallest absolute Gasteiger partial charge is 0.484 e. The summed E-state index contributed by atoms with van der Waals surface area (Å²) in [6.07, 6.45) is -3.13. The van der Waals surface area contributed by atoms with E-state index >= 15 is 0 Å². The Hall–Kier alpha value is -1.48. The van der Waals surface area contributed by atoms with Gasteiger partial charge in [0.25, 0.3) is 0 Å². The Bertz CT molecular complexity index is 577. The van der Waals surface area contributed by atoms with E-state index in [4.69, 9.17) is 18.8 Å². The third-order valence-electron chi connectivity index (χ3n) is 4.07. The predicted octanol–water partition coefficient (Wildman–Crippen LogP) is 2.72. The van der Waals surface area contributed by atoms with E-state index in [1.54, 1.807) is 6.92 Å². The first-order chi connectivity index (χ1) is 11.0. The molecule has 1 saturated heterocycles. The van der Waals surface area contributed by atoms with Gasteiger partial charge in [0.15, 0.2) is 6.61 Å². The SMILES string of the molecule is CCOc1nccc(OCC(F)(F)F)c1B1OC(C)(C)C(C)(C)O1. The third kappa shape index (κ3) is 3.95. The number of halogens is 3. The zero-order valence-electron chi connectivity index (χ0n) is 14.4. The maximum absolute atomic E-state index is 12.5. The van der Waals surface area contributed by atoms with E-state index in [-0.39, 0.29) is 17.1 Å². The van der Waals surface area contributed by atoms with Crippen LogP contribution in [0.25, 0.3) is 0 Å². The average Bonchev–Trinajstić information content (AvgIpc) is 2.64. The molecule has 1 aromatic rings. The summed E-state index contributed by atoms with van der Waals surface area (Å²) in [5.74, 6) is 0.111. The lowest BCUT2D eigenvalue weighted by Crippen LogP contribution is -2.41. The number of ether oxygens (including phenoxy) is 2. The van der Waals surface area contributed by atoms with Crippen molar-refractivity contribution in [2.75, 3.05) is 13.2 Å². The van der Waals surface area contributed by atoms with Crippen LogP contribution in [0.4, 0.5) is 13.2 Å². The van der Waals surface area contributed by atoms with Crippen molar-refractivity contribution in [1.29, 1.82) is 0 Å². The highest BCUT2D eigenvalue weighted by molar-refractivity contribution is 6.64. The standard InChI is InChI=1S/C15H21BF3NO4/c1-6-21-12-11(16-23-13(2,3)14(4,5)24-16)10(7-8-20-12)22-9-15(17,18)19/h7-8H,6,9H2,1-5H3. The van der Waals surface area contributed by atoms with Crippen molar-refractivity contribution in [3.05, 3.63) is 12.3 Å². The molecule has 0 spiro atoms. The highest BCUT2D eigenvalue weighted by Crippen LogP contribution is 2.38. The van der Waals surface area contributed by atoms with Crippen LogP contribution in [0, 0.1) is 0 Å². The van der Waals surface area contributed by atoms with Gasteiger partial charge in [0.1, 0.15) is 5.75 Å². The number of nitrogens with zero attached hydrogens (tertiary/aromatic N) is 1. The van der Waals surface area contributed by atoms with Crippen LogP contribution in [0.3, 0.4) is 0 Å². The molecule has 1 aliphatic heterocycles. The molecule has 1 fully saturated rings. The monoisotopic (exact) mass is 347 g/mol. The molecule has 0 aliphatic carbocycles. The summed E-state index contributed by atoms with van der Waals surface area (Å²) >= 11 is 0. The molecular weight excluding hydrogens is 326 g/mol. The molecule has 1 aromatic heterocycles. The first-order valence-electron chi connectivity index (χ1n) is 7.64. The Morgan fingerprint density at radius 2 is 1.71 bits per heavy atom. The van der Waals surface area contributed by atoms with Gasteiger partial charge in [0.2, 0.25) is 5.88 Å². The van der Waals surface area contributed by atoms with E-state index in [1.807, 2.05) is 27.7 Å². The first-order valence-corrected chi connectivity index (χ1v) is 7.64. The van der Waals surface area contributed by atoms with Crippen molar-refractivity contribution in [2.24, 2.45) is 0 Å². The van der Waals surface area contributed by atoms with Crippen LogP contribution in [-0.4, -0.2) is 42.7 Å². The van der Waals surface area contributed by atoms with Gasteiger partial charge in [0, 0.05) is 6.20 Å². The molecule has 5 nitrogen and oxygen atoms in total. The van der Waals surface area contributed by atoms with Crippen LogP contribution < -0.4 is 14.9 Å². The van der Waals surface area contributed by atoms with Crippen molar-refractivity contribution >= 4 is 12.6 Å². The molecular formula is C15H21BF3NO4. The van der Waals surface area contributed by atoms with Crippen LogP contribution >= 0.6 is 0 Å². The van der Waals surface area contributed by atoms with E-state index in [2.05, 4.69) is 4.98 Å². The molecule has 134 valence electrons. The van der Waals surface area contributed by atoms with Crippen LogP contribution in [0.1, 0.15) is 34.6 Å². The van der Waals surface area contributed by atoms with Crippen molar-refractivity contribution in [2.45, 2.75) is 52.0 Å². The summed E-state index contributed by atoms with van der Waals surface area (Å²) in [7, 11) is -0.937. The minimum absolute atomic E-state index is 0.0238. The summed E-state index contributed by atoms with van der Waals surface area (Å²) in [6.45, 7) is 8.01. The van der Waals surface area contributed by atoms with Gasteiger partial charge < -0.3 is 18.8 Å². The molecule has 0 unspecified atom stereocenters. The van der Waals surface area contributed by atoms with Gasteiger partial charge in [-0.3, -0.25) is 0 Å². The second kappa shape index (κ2) is 6.44. The molecule has 0 bridgehead atoms. The molecule has 0 amide bonds. The quantitative estimate of drug-likeness (QED) is 0.767. The Morgan fingerprint density at radius 1 is 1.12 bits per heavy atom. The number of hydrogen-bond acceptors (Lipinski definition) is 5. The van der Waals surface area contributed by atoms with Gasteiger partial charge in [-0.05, 0) is 40.7 Å². The van der Waals surface area contributed by atoms with Gasteiger partial charge in [-0.1, -0.05) is 0 Å². The maximum atomic E-state index is 12.5. The summed E-state index contributed by atoms with van der Waals surface area (Å²) < 4.78 is 59.7. The Labute approximate surface area is 139 Å². The number of rotatable bonds is 5. The van der Waals surface area contributed by atoms with E-state index in [9.17, 15) is 13.2 Å². The predicted molar refractivity (Wildman–Crippen MR) is 82.7 cm³/mol. The van der Waals surface area contributed by atoms with Gasteiger partial charge in [-0.2, -0.15) is 13.2 Å². The fourth-order valence-corrected chi connectivity index (χ4v) is 2.15. The molecule has 24 heavy (non-hydrogen) atoms. The van der Waals surface area contributed by atoms with E-state index in [0.717, 1.165) is 0 Å². The van der Waals surface area contributed by atoms with Crippen molar-refractivity contribution in [3.63, 3.8) is 0 Å². The van der Waals surface area contributed by atoms with Crippen LogP contribution in [0.2, 0.25) is 0 Å².